The molecule has 0 aromatic rings. The van der Waals surface area contributed by atoms with Gasteiger partial charge in [0.2, 0.25) is 5.91 Å². The molecule has 362 valence electrons. The predicted molar refractivity (Wildman–Crippen MR) is 240 cm³/mol. The Morgan fingerprint density at radius 2 is 1.03 bits per heavy atom. The SMILES string of the molecule is CCCCCCCCCCCCCCC/C=C/CC/C=C/CC/C=C/C(O)C(COC1OC(CO)C(OC2OC(CO)C(O)C(O)C2O)C(O)C1O)NC(=O)CCCCCCC. The largest absolute Gasteiger partial charge is 0.394 e. The molecule has 0 aliphatic carbocycles. The Bertz CT molecular complexity index is 1190. The van der Waals surface area contributed by atoms with E-state index in [2.05, 4.69) is 43.5 Å². The van der Waals surface area contributed by atoms with E-state index in [0.29, 0.717) is 12.8 Å². The zero-order valence-electron chi connectivity index (χ0n) is 38.1. The van der Waals surface area contributed by atoms with Crippen LogP contribution in [0.3, 0.4) is 0 Å². The lowest BCUT2D eigenvalue weighted by Gasteiger charge is -2.46. The predicted octanol–water partition coefficient (Wildman–Crippen LogP) is 5.54. The minimum Gasteiger partial charge on any atom is -0.394 e. The van der Waals surface area contributed by atoms with Crippen LogP contribution in [0.25, 0.3) is 0 Å². The van der Waals surface area contributed by atoms with Crippen LogP contribution in [-0.2, 0) is 23.7 Å². The lowest BCUT2D eigenvalue weighted by atomic mass is 9.97. The van der Waals surface area contributed by atoms with Gasteiger partial charge in [-0.05, 0) is 44.9 Å². The van der Waals surface area contributed by atoms with Gasteiger partial charge in [0.1, 0.15) is 48.8 Å². The molecule has 1 amide bonds. The highest BCUT2D eigenvalue weighted by atomic mass is 16.7. The lowest BCUT2D eigenvalue weighted by Crippen LogP contribution is -2.65. The van der Waals surface area contributed by atoms with Crippen molar-refractivity contribution in [2.75, 3.05) is 19.8 Å². The summed E-state index contributed by atoms with van der Waals surface area (Å²) < 4.78 is 22.5. The van der Waals surface area contributed by atoms with E-state index in [-0.39, 0.29) is 18.9 Å². The first-order valence-electron chi connectivity index (χ1n) is 24.2. The Hall–Kier alpha value is -1.79. The molecular formula is C48H87NO13. The first-order chi connectivity index (χ1) is 30.1. The molecule has 2 rings (SSSR count). The van der Waals surface area contributed by atoms with Crippen molar-refractivity contribution in [3.63, 3.8) is 0 Å². The van der Waals surface area contributed by atoms with Crippen molar-refractivity contribution < 1.29 is 64.6 Å². The van der Waals surface area contributed by atoms with Gasteiger partial charge in [-0.1, -0.05) is 153 Å². The Morgan fingerprint density at radius 3 is 1.58 bits per heavy atom. The van der Waals surface area contributed by atoms with Crippen molar-refractivity contribution in [2.24, 2.45) is 0 Å². The number of rotatable bonds is 36. The molecule has 2 heterocycles. The van der Waals surface area contributed by atoms with E-state index < -0.39 is 86.8 Å². The van der Waals surface area contributed by atoms with Crippen molar-refractivity contribution in [1.29, 1.82) is 0 Å². The van der Waals surface area contributed by atoms with Crippen LogP contribution in [0.15, 0.2) is 36.5 Å². The summed E-state index contributed by atoms with van der Waals surface area (Å²) in [5.41, 5.74) is 0. The molecule has 0 aromatic carbocycles. The third kappa shape index (κ3) is 22.9. The number of aliphatic hydroxyl groups excluding tert-OH is 8. The summed E-state index contributed by atoms with van der Waals surface area (Å²) in [6, 6.07) is -0.931. The van der Waals surface area contributed by atoms with Gasteiger partial charge in [-0.25, -0.2) is 0 Å². The number of carbonyl (C=O) groups is 1. The number of hydrogen-bond donors (Lipinski definition) is 9. The second kappa shape index (κ2) is 35.5. The van der Waals surface area contributed by atoms with E-state index in [1.165, 1.54) is 83.5 Å². The summed E-state index contributed by atoms with van der Waals surface area (Å²) in [6.07, 6.45) is 22.6. The van der Waals surface area contributed by atoms with Gasteiger partial charge in [-0.2, -0.15) is 0 Å². The van der Waals surface area contributed by atoms with Gasteiger partial charge in [0.05, 0.1) is 32.0 Å². The fourth-order valence-electron chi connectivity index (χ4n) is 7.79. The number of hydrogen-bond acceptors (Lipinski definition) is 13. The smallest absolute Gasteiger partial charge is 0.220 e. The Balaban J connectivity index is 1.78. The van der Waals surface area contributed by atoms with E-state index in [0.717, 1.165) is 51.4 Å². The fourth-order valence-corrected chi connectivity index (χ4v) is 7.79. The average molecular weight is 886 g/mol. The molecule has 2 fully saturated rings. The quantitative estimate of drug-likeness (QED) is 0.0279. The molecule has 9 N–H and O–H groups in total. The number of aliphatic hydroxyl groups is 8. The molecule has 14 nitrogen and oxygen atoms in total. The van der Waals surface area contributed by atoms with Crippen molar-refractivity contribution in [3.05, 3.63) is 36.5 Å². The summed E-state index contributed by atoms with van der Waals surface area (Å²) in [5, 5.41) is 86.2. The minimum atomic E-state index is -1.79. The first kappa shape index (κ1) is 56.3. The number of ether oxygens (including phenoxy) is 4. The molecule has 2 aliphatic rings. The highest BCUT2D eigenvalue weighted by Gasteiger charge is 2.51. The minimum absolute atomic E-state index is 0.265. The molecule has 0 aromatic heterocycles. The lowest BCUT2D eigenvalue weighted by molar-refractivity contribution is -0.359. The van der Waals surface area contributed by atoms with Crippen molar-refractivity contribution in [1.82, 2.24) is 5.32 Å². The van der Waals surface area contributed by atoms with Gasteiger partial charge in [-0.3, -0.25) is 4.79 Å². The summed E-state index contributed by atoms with van der Waals surface area (Å²) in [5.74, 6) is -0.268. The van der Waals surface area contributed by atoms with Crippen LogP contribution in [0.2, 0.25) is 0 Å². The topological polar surface area (TPSA) is 228 Å². The average Bonchev–Trinajstić information content (AvgIpc) is 3.27. The number of allylic oxidation sites excluding steroid dienone is 5. The first-order valence-corrected chi connectivity index (χ1v) is 24.2. The molecule has 0 spiro atoms. The molecule has 2 aliphatic heterocycles. The van der Waals surface area contributed by atoms with Crippen LogP contribution in [0, 0.1) is 0 Å². The molecule has 0 radical (unpaired) electrons. The van der Waals surface area contributed by atoms with Crippen LogP contribution in [0.4, 0.5) is 0 Å². The highest BCUT2D eigenvalue weighted by Crippen LogP contribution is 2.30. The van der Waals surface area contributed by atoms with Crippen LogP contribution >= 0.6 is 0 Å². The molecular weight excluding hydrogens is 799 g/mol. The monoisotopic (exact) mass is 886 g/mol. The summed E-state index contributed by atoms with van der Waals surface area (Å²) in [7, 11) is 0. The van der Waals surface area contributed by atoms with Gasteiger partial charge >= 0.3 is 0 Å². The molecule has 2 saturated heterocycles. The molecule has 12 unspecified atom stereocenters. The standard InChI is InChI=1S/C48H87NO13/c1-3-5-7-9-10-11-12-13-14-15-16-17-18-19-20-21-22-23-24-25-26-28-29-31-37(52)36(49-40(53)32-30-27-8-6-4-2)35-59-47-45(58)43(56)46(39(34-51)61-47)62-48-44(57)42(55)41(54)38(33-50)60-48/h20-21,24-25,29,31,36-39,41-48,50-52,54-58H,3-19,22-23,26-28,30,32-35H2,1-2H3,(H,49,53)/b21-20+,25-24+,31-29+. The summed E-state index contributed by atoms with van der Waals surface area (Å²) in [6.45, 7) is 2.64. The molecule has 14 heteroatoms. The maximum Gasteiger partial charge on any atom is 0.220 e. The Kier molecular flexibility index (Phi) is 32.2. The number of unbranched alkanes of at least 4 members (excludes halogenated alkanes) is 19. The Labute approximate surface area is 372 Å². The molecule has 62 heavy (non-hydrogen) atoms. The van der Waals surface area contributed by atoms with Crippen LogP contribution in [-0.4, -0.2) is 140 Å². The maximum absolute atomic E-state index is 12.9. The van der Waals surface area contributed by atoms with Gasteiger partial charge in [0.15, 0.2) is 12.6 Å². The van der Waals surface area contributed by atoms with E-state index in [1.807, 2.05) is 6.08 Å². The fraction of sp³-hybridized carbons (Fsp3) is 0.854. The second-order valence-electron chi connectivity index (χ2n) is 17.2. The van der Waals surface area contributed by atoms with Crippen molar-refractivity contribution in [2.45, 2.75) is 242 Å². The number of amides is 1. The van der Waals surface area contributed by atoms with Crippen LogP contribution in [0.5, 0.6) is 0 Å². The molecule has 0 bridgehead atoms. The second-order valence-corrected chi connectivity index (χ2v) is 17.2. The summed E-state index contributed by atoms with van der Waals surface area (Å²) in [4.78, 5) is 12.9. The van der Waals surface area contributed by atoms with Gasteiger partial charge in [0.25, 0.3) is 0 Å². The number of nitrogens with one attached hydrogen (secondary N) is 1. The summed E-state index contributed by atoms with van der Waals surface area (Å²) >= 11 is 0. The zero-order chi connectivity index (χ0) is 45.4. The zero-order valence-corrected chi connectivity index (χ0v) is 38.1. The van der Waals surface area contributed by atoms with Crippen LogP contribution in [0.1, 0.15) is 168 Å². The van der Waals surface area contributed by atoms with Gasteiger partial charge < -0.3 is 65.1 Å². The van der Waals surface area contributed by atoms with E-state index in [1.54, 1.807) is 6.08 Å². The van der Waals surface area contributed by atoms with E-state index in [9.17, 15) is 45.6 Å². The van der Waals surface area contributed by atoms with Gasteiger partial charge in [0, 0.05) is 6.42 Å². The van der Waals surface area contributed by atoms with Crippen molar-refractivity contribution in [3.8, 4) is 0 Å². The molecule has 12 atom stereocenters. The number of carbonyl (C=O) groups excluding carboxylic acids is 1. The highest BCUT2D eigenvalue weighted by molar-refractivity contribution is 5.76. The normalized spacial score (nSPS) is 28.0. The van der Waals surface area contributed by atoms with Crippen LogP contribution < -0.4 is 5.32 Å². The maximum atomic E-state index is 12.9. The van der Waals surface area contributed by atoms with Gasteiger partial charge in [-0.15, -0.1) is 0 Å². The molecule has 0 saturated carbocycles. The van der Waals surface area contributed by atoms with Crippen molar-refractivity contribution >= 4 is 5.91 Å². The Morgan fingerprint density at radius 1 is 0.565 bits per heavy atom. The van der Waals surface area contributed by atoms with E-state index >= 15 is 0 Å². The third-order valence-corrected chi connectivity index (χ3v) is 11.8. The third-order valence-electron chi connectivity index (χ3n) is 11.8. The van der Waals surface area contributed by atoms with E-state index in [4.69, 9.17) is 18.9 Å².